The van der Waals surface area contributed by atoms with E-state index in [4.69, 9.17) is 4.74 Å². The summed E-state index contributed by atoms with van der Waals surface area (Å²) in [7, 11) is 2.11. The lowest BCUT2D eigenvalue weighted by Gasteiger charge is -2.02. The summed E-state index contributed by atoms with van der Waals surface area (Å²) < 4.78 is 9.51. The van der Waals surface area contributed by atoms with E-state index < -0.39 is 0 Å². The summed E-state index contributed by atoms with van der Waals surface area (Å²) in [5.41, 5.74) is 0. The Morgan fingerprint density at radius 3 is 2.67 bits per heavy atom. The van der Waals surface area contributed by atoms with Gasteiger partial charge < -0.3 is 9.26 Å². The fraction of sp³-hybridized carbons (Fsp3) is 0.875. The van der Waals surface area contributed by atoms with Gasteiger partial charge in [0.15, 0.2) is 0 Å². The van der Waals surface area contributed by atoms with Crippen LogP contribution in [0, 0.1) is 0 Å². The largest absolute Gasteiger partial charge is 0.463 e. The Morgan fingerprint density at radius 1 is 1.33 bits per heavy atom. The van der Waals surface area contributed by atoms with Gasteiger partial charge in [-0.1, -0.05) is 19.8 Å². The zero-order chi connectivity index (χ0) is 9.23. The standard InChI is InChI=1S/C8H17O3P/c1-2-3-4-5-8(9)10-6-7-11-12/h2-7,12H2,1H3. The molecule has 0 aliphatic carbocycles. The van der Waals surface area contributed by atoms with Crippen LogP contribution < -0.4 is 0 Å². The van der Waals surface area contributed by atoms with Crippen molar-refractivity contribution in [1.82, 2.24) is 0 Å². The van der Waals surface area contributed by atoms with E-state index in [0.29, 0.717) is 19.6 Å². The Balaban J connectivity index is 3.10. The highest BCUT2D eigenvalue weighted by Gasteiger charge is 2.00. The monoisotopic (exact) mass is 192 g/mol. The van der Waals surface area contributed by atoms with E-state index in [0.717, 1.165) is 19.3 Å². The van der Waals surface area contributed by atoms with Gasteiger partial charge >= 0.3 is 5.97 Å². The quantitative estimate of drug-likeness (QED) is 0.351. The van der Waals surface area contributed by atoms with Gasteiger partial charge in [0.2, 0.25) is 0 Å². The molecule has 0 aliphatic rings. The minimum Gasteiger partial charge on any atom is -0.463 e. The molecule has 4 heteroatoms. The first-order valence-electron chi connectivity index (χ1n) is 4.28. The topological polar surface area (TPSA) is 35.5 Å². The van der Waals surface area contributed by atoms with E-state index in [2.05, 4.69) is 20.9 Å². The van der Waals surface area contributed by atoms with Gasteiger partial charge in [0.1, 0.15) is 6.61 Å². The number of hydrogen-bond donors (Lipinski definition) is 0. The molecule has 1 unspecified atom stereocenters. The summed E-state index contributed by atoms with van der Waals surface area (Å²) in [6.45, 7) is 2.91. The molecule has 0 spiro atoms. The average Bonchev–Trinajstić information content (AvgIpc) is 2.06. The molecule has 0 saturated carbocycles. The molecule has 0 amide bonds. The molecule has 0 radical (unpaired) electrons. The number of carbonyl (C=O) groups excluding carboxylic acids is 1. The van der Waals surface area contributed by atoms with Gasteiger partial charge in [0, 0.05) is 15.9 Å². The molecule has 0 N–H and O–H groups in total. The van der Waals surface area contributed by atoms with E-state index in [1.54, 1.807) is 0 Å². The molecule has 0 saturated heterocycles. The molecular formula is C8H17O3P. The molecule has 0 aromatic rings. The van der Waals surface area contributed by atoms with Crippen LogP contribution in [0.5, 0.6) is 0 Å². The Bertz CT molecular complexity index is 105. The second-order valence-electron chi connectivity index (χ2n) is 2.55. The van der Waals surface area contributed by atoms with Crippen LogP contribution in [0.1, 0.15) is 32.6 Å². The molecule has 3 nitrogen and oxygen atoms in total. The third-order valence-electron chi connectivity index (χ3n) is 1.45. The first kappa shape index (κ1) is 11.9. The Morgan fingerprint density at radius 2 is 2.08 bits per heavy atom. The second kappa shape index (κ2) is 8.95. The molecular weight excluding hydrogens is 175 g/mol. The molecule has 1 atom stereocenters. The Hall–Kier alpha value is -0.140. The van der Waals surface area contributed by atoms with Crippen LogP contribution in [0.4, 0.5) is 0 Å². The maximum absolute atomic E-state index is 10.9. The van der Waals surface area contributed by atoms with Gasteiger partial charge in [-0.25, -0.2) is 0 Å². The molecule has 0 rings (SSSR count). The van der Waals surface area contributed by atoms with Crippen molar-refractivity contribution in [2.24, 2.45) is 0 Å². The number of esters is 1. The lowest BCUT2D eigenvalue weighted by molar-refractivity contribution is -0.144. The predicted molar refractivity (Wildman–Crippen MR) is 50.8 cm³/mol. The molecule has 0 aromatic carbocycles. The first-order valence-corrected chi connectivity index (χ1v) is 4.75. The van der Waals surface area contributed by atoms with Gasteiger partial charge in [-0.15, -0.1) is 0 Å². The van der Waals surface area contributed by atoms with E-state index in [1.165, 1.54) is 0 Å². The second-order valence-corrected chi connectivity index (χ2v) is 2.88. The fourth-order valence-corrected chi connectivity index (χ4v) is 0.891. The molecule has 0 fully saturated rings. The summed E-state index contributed by atoms with van der Waals surface area (Å²) in [5.74, 6) is -0.120. The molecule has 0 bridgehead atoms. The lowest BCUT2D eigenvalue weighted by atomic mass is 10.2. The van der Waals surface area contributed by atoms with E-state index in [9.17, 15) is 4.79 Å². The van der Waals surface area contributed by atoms with Gasteiger partial charge in [0.25, 0.3) is 0 Å². The average molecular weight is 192 g/mol. The molecule has 72 valence electrons. The van der Waals surface area contributed by atoms with Crippen LogP contribution >= 0.6 is 9.47 Å². The van der Waals surface area contributed by atoms with E-state index in [-0.39, 0.29) is 5.97 Å². The van der Waals surface area contributed by atoms with Crippen molar-refractivity contribution in [2.45, 2.75) is 32.6 Å². The van der Waals surface area contributed by atoms with Crippen LogP contribution in [-0.2, 0) is 14.1 Å². The number of hydrogen-bond acceptors (Lipinski definition) is 3. The van der Waals surface area contributed by atoms with Crippen molar-refractivity contribution in [1.29, 1.82) is 0 Å². The highest BCUT2D eigenvalue weighted by Crippen LogP contribution is 2.00. The van der Waals surface area contributed by atoms with Crippen LogP contribution in [0.3, 0.4) is 0 Å². The first-order chi connectivity index (χ1) is 5.81. The summed E-state index contributed by atoms with van der Waals surface area (Å²) in [6, 6.07) is 0. The van der Waals surface area contributed by atoms with Crippen molar-refractivity contribution < 1.29 is 14.1 Å². The van der Waals surface area contributed by atoms with Gasteiger partial charge in [0.05, 0.1) is 6.61 Å². The third kappa shape index (κ3) is 7.96. The molecule has 0 aromatic heterocycles. The molecule has 0 aliphatic heterocycles. The predicted octanol–water partition coefficient (Wildman–Crippen LogP) is 1.92. The molecule has 0 heterocycles. The van der Waals surface area contributed by atoms with Crippen molar-refractivity contribution in [3.05, 3.63) is 0 Å². The molecule has 12 heavy (non-hydrogen) atoms. The summed E-state index contributed by atoms with van der Waals surface area (Å²) >= 11 is 0. The summed E-state index contributed by atoms with van der Waals surface area (Å²) in [6.07, 6.45) is 3.68. The van der Waals surface area contributed by atoms with Crippen LogP contribution in [0.15, 0.2) is 0 Å². The normalized spacial score (nSPS) is 9.83. The van der Waals surface area contributed by atoms with E-state index in [1.807, 2.05) is 0 Å². The maximum atomic E-state index is 10.9. The highest BCUT2D eigenvalue weighted by atomic mass is 31.0. The maximum Gasteiger partial charge on any atom is 0.305 e. The zero-order valence-corrected chi connectivity index (χ0v) is 8.70. The minimum atomic E-state index is -0.120. The third-order valence-corrected chi connectivity index (χ3v) is 1.68. The number of carbonyl (C=O) groups is 1. The van der Waals surface area contributed by atoms with Crippen LogP contribution in [0.25, 0.3) is 0 Å². The van der Waals surface area contributed by atoms with Crippen LogP contribution in [0.2, 0.25) is 0 Å². The number of unbranched alkanes of at least 4 members (excludes halogenated alkanes) is 2. The van der Waals surface area contributed by atoms with Gasteiger partial charge in [-0.3, -0.25) is 4.79 Å². The minimum absolute atomic E-state index is 0.120. The summed E-state index contributed by atoms with van der Waals surface area (Å²) in [5, 5.41) is 0. The Labute approximate surface area is 76.1 Å². The van der Waals surface area contributed by atoms with Crippen LogP contribution in [-0.4, -0.2) is 19.2 Å². The fourth-order valence-electron chi connectivity index (χ4n) is 0.795. The zero-order valence-electron chi connectivity index (χ0n) is 7.54. The van der Waals surface area contributed by atoms with Crippen molar-refractivity contribution in [3.8, 4) is 0 Å². The smallest absolute Gasteiger partial charge is 0.305 e. The van der Waals surface area contributed by atoms with Gasteiger partial charge in [-0.2, -0.15) is 0 Å². The number of rotatable bonds is 7. The highest BCUT2D eigenvalue weighted by molar-refractivity contribution is 7.09. The van der Waals surface area contributed by atoms with E-state index >= 15 is 0 Å². The van der Waals surface area contributed by atoms with Crippen molar-refractivity contribution in [2.75, 3.05) is 13.2 Å². The number of ether oxygens (including phenoxy) is 1. The van der Waals surface area contributed by atoms with Crippen molar-refractivity contribution in [3.63, 3.8) is 0 Å². The Kier molecular flexibility index (Phi) is 8.85. The SMILES string of the molecule is CCCCCC(=O)OCCOP. The van der Waals surface area contributed by atoms with Gasteiger partial charge in [-0.05, 0) is 6.42 Å². The lowest BCUT2D eigenvalue weighted by Crippen LogP contribution is -2.08. The van der Waals surface area contributed by atoms with Crippen molar-refractivity contribution >= 4 is 15.4 Å². The summed E-state index contributed by atoms with van der Waals surface area (Å²) in [4.78, 5) is 10.9.